The monoisotopic (exact) mass is 1010 g/mol. The second-order valence-electron chi connectivity index (χ2n) is 19.8. The standard InChI is InChI=1S/C58H59N9O6S/c1-36-41(43-22-25-51(61-53(43)56(71)72)67-29-27-38-11-8-13-44(45(38)35-67)55(70)63-57-59-46-14-5-6-16-50(46)74-57)12-9-15-49(36)73-40-20-17-37(18-21-40)10-4-3-7-28-65-30-32-66(33-31-65)58-60-47-34-39(19-24-48(47)64(58)2)42-23-26-52(68)62-54(42)69/h4-6,8-9,11-16,19,22,24-25,34,40,42H,3,7,17-18,20-21,23,26-33,35H2,1-2H3,(H,71,72)(H,59,63,70)(H,62,68,69). The number of nitrogens with one attached hydrogen (secondary N) is 2. The third kappa shape index (κ3) is 10.2. The van der Waals surface area contributed by atoms with Crippen LogP contribution in [0.3, 0.4) is 0 Å². The molecule has 0 spiro atoms. The highest BCUT2D eigenvalue weighted by Gasteiger charge is 2.30. The number of allylic oxidation sites excluding steroid dienone is 1. The molecule has 74 heavy (non-hydrogen) atoms. The van der Waals surface area contributed by atoms with Gasteiger partial charge >= 0.3 is 5.97 Å². The summed E-state index contributed by atoms with van der Waals surface area (Å²) in [5, 5.41) is 16.5. The molecule has 4 aromatic carbocycles. The van der Waals surface area contributed by atoms with E-state index in [0.29, 0.717) is 54.4 Å². The number of ether oxygens (including phenoxy) is 1. The van der Waals surface area contributed by atoms with Crippen LogP contribution in [0.2, 0.25) is 0 Å². The molecule has 4 aliphatic rings. The Bertz CT molecular complexity index is 3360. The number of piperazine rings is 1. The molecule has 11 rings (SSSR count). The molecule has 3 fully saturated rings. The number of aromatic nitrogens is 4. The number of carboxylic acids is 1. The number of benzene rings is 4. The number of piperidine rings is 1. The lowest BCUT2D eigenvalue weighted by Crippen LogP contribution is -2.47. The topological polar surface area (TPSA) is 175 Å². The Morgan fingerprint density at radius 2 is 1.68 bits per heavy atom. The molecule has 15 nitrogen and oxygen atoms in total. The minimum Gasteiger partial charge on any atom is -0.490 e. The summed E-state index contributed by atoms with van der Waals surface area (Å²) in [6.45, 7) is 7.78. The van der Waals surface area contributed by atoms with E-state index in [-0.39, 0.29) is 35.4 Å². The number of rotatable bonds is 13. The summed E-state index contributed by atoms with van der Waals surface area (Å²) < 4.78 is 9.77. The number of amides is 3. The van der Waals surface area contributed by atoms with Crippen molar-refractivity contribution in [1.82, 2.24) is 29.7 Å². The van der Waals surface area contributed by atoms with E-state index in [9.17, 15) is 24.3 Å². The molecule has 1 aliphatic carbocycles. The van der Waals surface area contributed by atoms with Crippen LogP contribution in [0, 0.1) is 6.92 Å². The first-order chi connectivity index (χ1) is 36.0. The fourth-order valence-electron chi connectivity index (χ4n) is 11.0. The molecule has 7 aromatic rings. The lowest BCUT2D eigenvalue weighted by molar-refractivity contribution is -0.134. The molecule has 0 radical (unpaired) electrons. The van der Waals surface area contributed by atoms with Gasteiger partial charge in [-0.05, 0) is 153 Å². The molecule has 3 aliphatic heterocycles. The maximum absolute atomic E-state index is 13.7. The number of anilines is 3. The van der Waals surface area contributed by atoms with Gasteiger partial charge in [0.25, 0.3) is 5.91 Å². The Morgan fingerprint density at radius 3 is 2.49 bits per heavy atom. The summed E-state index contributed by atoms with van der Waals surface area (Å²) >= 11 is 1.44. The molecule has 1 saturated carbocycles. The average Bonchev–Trinajstić information content (AvgIpc) is 3.98. The lowest BCUT2D eigenvalue weighted by Gasteiger charge is -2.35. The minimum atomic E-state index is -1.11. The highest BCUT2D eigenvalue weighted by Crippen LogP contribution is 2.37. The Labute approximate surface area is 433 Å². The number of imidazole rings is 1. The fourth-order valence-corrected chi connectivity index (χ4v) is 11.9. The van der Waals surface area contributed by atoms with Gasteiger partial charge in [0.2, 0.25) is 17.8 Å². The van der Waals surface area contributed by atoms with E-state index >= 15 is 0 Å². The van der Waals surface area contributed by atoms with E-state index in [4.69, 9.17) is 14.7 Å². The van der Waals surface area contributed by atoms with Gasteiger partial charge in [-0.25, -0.2) is 19.7 Å². The summed E-state index contributed by atoms with van der Waals surface area (Å²) in [6.07, 6.45) is 9.47. The number of hydrogen-bond donors (Lipinski definition) is 3. The van der Waals surface area contributed by atoms with Crippen molar-refractivity contribution in [3.8, 4) is 16.9 Å². The summed E-state index contributed by atoms with van der Waals surface area (Å²) in [7, 11) is 2.05. The van der Waals surface area contributed by atoms with Gasteiger partial charge in [0.1, 0.15) is 11.6 Å². The van der Waals surface area contributed by atoms with Crippen LogP contribution in [0.15, 0.2) is 108 Å². The first-order valence-corrected chi connectivity index (χ1v) is 26.6. The van der Waals surface area contributed by atoms with Crippen molar-refractivity contribution < 1.29 is 29.0 Å². The van der Waals surface area contributed by atoms with E-state index in [1.807, 2.05) is 110 Å². The molecule has 1 unspecified atom stereocenters. The van der Waals surface area contributed by atoms with Crippen LogP contribution in [-0.4, -0.2) is 98.6 Å². The van der Waals surface area contributed by atoms with E-state index < -0.39 is 5.97 Å². The van der Waals surface area contributed by atoms with Gasteiger partial charge in [-0.3, -0.25) is 29.9 Å². The number of para-hydroxylation sites is 1. The number of thiazole rings is 1. The predicted octanol–water partition coefficient (Wildman–Crippen LogP) is 9.59. The smallest absolute Gasteiger partial charge is 0.355 e. The van der Waals surface area contributed by atoms with Crippen LogP contribution in [-0.2, 0) is 29.6 Å². The average molecular weight is 1010 g/mol. The summed E-state index contributed by atoms with van der Waals surface area (Å²) in [5.74, 6) is 0.125. The van der Waals surface area contributed by atoms with Crippen molar-refractivity contribution in [2.24, 2.45) is 7.05 Å². The molecule has 3 aromatic heterocycles. The number of aryl methyl sites for hydroxylation is 1. The number of nitrogens with zero attached hydrogens (tertiary/aromatic N) is 7. The van der Waals surface area contributed by atoms with E-state index in [1.54, 1.807) is 0 Å². The van der Waals surface area contributed by atoms with E-state index in [2.05, 4.69) is 41.8 Å². The number of aromatic carboxylic acids is 1. The molecule has 3 amide bonds. The summed E-state index contributed by atoms with van der Waals surface area (Å²) in [4.78, 5) is 72.0. The number of unbranched alkanes of at least 4 members (excludes halogenated alkanes) is 1. The zero-order valence-electron chi connectivity index (χ0n) is 41.7. The number of imide groups is 1. The molecule has 16 heteroatoms. The number of carbonyl (C=O) groups is 4. The molecule has 378 valence electrons. The Balaban J connectivity index is 0.661. The quantitative estimate of drug-likeness (QED) is 0.0568. The van der Waals surface area contributed by atoms with Gasteiger partial charge in [-0.15, -0.1) is 5.73 Å². The minimum absolute atomic E-state index is 0.0302. The zero-order valence-corrected chi connectivity index (χ0v) is 42.5. The number of hydrogen-bond acceptors (Lipinski definition) is 12. The Kier molecular flexibility index (Phi) is 13.8. The largest absolute Gasteiger partial charge is 0.490 e. The van der Waals surface area contributed by atoms with Crippen molar-refractivity contribution in [2.75, 3.05) is 54.4 Å². The van der Waals surface area contributed by atoms with Crippen LogP contribution in [0.25, 0.3) is 32.4 Å². The van der Waals surface area contributed by atoms with Crippen molar-refractivity contribution in [1.29, 1.82) is 0 Å². The van der Waals surface area contributed by atoms with E-state index in [1.165, 1.54) is 16.9 Å². The molecular formula is C58H59N9O6S. The highest BCUT2D eigenvalue weighted by atomic mass is 32.1. The number of carbonyl (C=O) groups excluding carboxylic acids is 3. The second kappa shape index (κ2) is 21.1. The fraction of sp³-hybridized carbons (Fsp3) is 0.345. The van der Waals surface area contributed by atoms with Gasteiger partial charge < -0.3 is 24.2 Å². The molecule has 2 saturated heterocycles. The van der Waals surface area contributed by atoms with Crippen molar-refractivity contribution in [2.45, 2.75) is 83.3 Å². The van der Waals surface area contributed by atoms with E-state index in [0.717, 1.165) is 132 Å². The predicted molar refractivity (Wildman–Crippen MR) is 288 cm³/mol. The SMILES string of the molecule is Cc1c(OC2CCC(=C=CCCCN3CCN(c4nc5cc(C6CCC(=O)NC6=O)ccc5n4C)CC3)CC2)cccc1-c1ccc(N2CCc3cccc(C(=O)Nc4nc5ccccc5s4)c3C2)nc1C(=O)O. The van der Waals surface area contributed by atoms with Crippen molar-refractivity contribution >= 4 is 73.2 Å². The molecular weight excluding hydrogens is 951 g/mol. The number of fused-ring (bicyclic) bond motifs is 3. The molecule has 1 atom stereocenters. The Hall–Kier alpha value is -7.65. The maximum Gasteiger partial charge on any atom is 0.355 e. The zero-order chi connectivity index (χ0) is 50.9. The van der Waals surface area contributed by atoms with Gasteiger partial charge in [-0.2, -0.15) is 0 Å². The van der Waals surface area contributed by atoms with Gasteiger partial charge in [-0.1, -0.05) is 53.8 Å². The van der Waals surface area contributed by atoms with Crippen LogP contribution in [0.1, 0.15) is 100 Å². The lowest BCUT2D eigenvalue weighted by atomic mass is 9.90. The molecule has 0 bridgehead atoms. The second-order valence-corrected chi connectivity index (χ2v) is 20.8. The van der Waals surface area contributed by atoms with Crippen LogP contribution < -0.4 is 25.2 Å². The summed E-state index contributed by atoms with van der Waals surface area (Å²) in [6, 6.07) is 29.1. The van der Waals surface area contributed by atoms with Crippen LogP contribution >= 0.6 is 11.3 Å². The van der Waals surface area contributed by atoms with Crippen molar-refractivity contribution in [3.05, 3.63) is 142 Å². The van der Waals surface area contributed by atoms with Gasteiger partial charge in [0, 0.05) is 63.9 Å². The third-order valence-electron chi connectivity index (χ3n) is 15.2. The normalized spacial score (nSPS) is 18.3. The van der Waals surface area contributed by atoms with Gasteiger partial charge in [0.05, 0.1) is 33.3 Å². The van der Waals surface area contributed by atoms with Crippen molar-refractivity contribution in [3.63, 3.8) is 0 Å². The number of carboxylic acid groups (broad SMARTS) is 1. The first kappa shape index (κ1) is 48.6. The maximum atomic E-state index is 13.7. The molecule has 6 heterocycles. The highest BCUT2D eigenvalue weighted by molar-refractivity contribution is 7.22. The first-order valence-electron chi connectivity index (χ1n) is 25.8. The third-order valence-corrected chi connectivity index (χ3v) is 16.1. The van der Waals surface area contributed by atoms with Gasteiger partial charge in [0.15, 0.2) is 10.8 Å². The van der Waals surface area contributed by atoms with Crippen LogP contribution in [0.4, 0.5) is 16.9 Å². The summed E-state index contributed by atoms with van der Waals surface area (Å²) in [5.41, 5.74) is 13.2. The molecule has 3 N–H and O–H groups in total. The Morgan fingerprint density at radius 1 is 0.851 bits per heavy atom. The number of pyridine rings is 1. The van der Waals surface area contributed by atoms with Crippen LogP contribution in [0.5, 0.6) is 5.75 Å².